The minimum absolute atomic E-state index is 0.110. The van der Waals surface area contributed by atoms with E-state index < -0.39 is 23.8 Å². The van der Waals surface area contributed by atoms with Crippen molar-refractivity contribution in [2.45, 2.75) is 32.4 Å². The van der Waals surface area contributed by atoms with Crippen LogP contribution in [0.15, 0.2) is 73.1 Å². The van der Waals surface area contributed by atoms with Crippen molar-refractivity contribution < 1.29 is 18.8 Å². The maximum atomic E-state index is 13.4. The Morgan fingerprint density at radius 3 is 2.39 bits per heavy atom. The minimum Gasteiger partial charge on any atom is -0.326 e. The quantitative estimate of drug-likeness (QED) is 0.553. The molecule has 33 heavy (non-hydrogen) atoms. The molecule has 2 aromatic carbocycles. The third-order valence-corrected chi connectivity index (χ3v) is 5.50. The van der Waals surface area contributed by atoms with Gasteiger partial charge >= 0.3 is 6.03 Å². The Balaban J connectivity index is 1.57. The lowest BCUT2D eigenvalue weighted by molar-refractivity contribution is -0.124. The molecule has 0 radical (unpaired) electrons. The van der Waals surface area contributed by atoms with E-state index in [-0.39, 0.29) is 24.6 Å². The van der Waals surface area contributed by atoms with Gasteiger partial charge in [-0.25, -0.2) is 14.1 Å². The zero-order valence-electron chi connectivity index (χ0n) is 18.1. The second-order valence-electron chi connectivity index (χ2n) is 7.74. The van der Waals surface area contributed by atoms with Crippen LogP contribution in [-0.2, 0) is 22.6 Å². The van der Waals surface area contributed by atoms with Crippen LogP contribution in [0.2, 0.25) is 0 Å². The van der Waals surface area contributed by atoms with Gasteiger partial charge in [0.15, 0.2) is 0 Å². The van der Waals surface area contributed by atoms with Crippen LogP contribution in [0, 0.1) is 5.82 Å². The molecule has 1 N–H and O–H groups in total. The molecule has 0 bridgehead atoms. The maximum absolute atomic E-state index is 13.4. The lowest BCUT2D eigenvalue weighted by Crippen LogP contribution is -2.37. The molecule has 0 aliphatic carbocycles. The van der Waals surface area contributed by atoms with E-state index in [1.807, 2.05) is 19.1 Å². The topological polar surface area (TPSA) is 82.6 Å². The number of aryl methyl sites for hydroxylation is 1. The highest BCUT2D eigenvalue weighted by atomic mass is 19.1. The van der Waals surface area contributed by atoms with Gasteiger partial charge in [-0.05, 0) is 60.0 Å². The summed E-state index contributed by atoms with van der Waals surface area (Å²) in [5.74, 6) is -1.40. The van der Waals surface area contributed by atoms with Gasteiger partial charge in [-0.3, -0.25) is 14.6 Å². The first kappa shape index (κ1) is 22.1. The van der Waals surface area contributed by atoms with Crippen molar-refractivity contribution in [3.63, 3.8) is 0 Å². The third kappa shape index (κ3) is 4.90. The van der Waals surface area contributed by atoms with Crippen LogP contribution in [0.1, 0.15) is 24.5 Å². The lowest BCUT2D eigenvalue weighted by Gasteiger charge is -2.21. The van der Waals surface area contributed by atoms with Gasteiger partial charge < -0.3 is 10.2 Å². The molecule has 0 spiro atoms. The summed E-state index contributed by atoms with van der Waals surface area (Å²) in [5, 5.41) is 2.79. The second-order valence-corrected chi connectivity index (χ2v) is 7.74. The largest absolute Gasteiger partial charge is 0.332 e. The normalized spacial score (nSPS) is 15.8. The fourth-order valence-electron chi connectivity index (χ4n) is 3.74. The number of carbonyl (C=O) groups excluding carboxylic acids is 3. The summed E-state index contributed by atoms with van der Waals surface area (Å²) < 4.78 is 13.4. The number of aromatic nitrogens is 1. The summed E-state index contributed by atoms with van der Waals surface area (Å²) >= 11 is 0. The van der Waals surface area contributed by atoms with E-state index >= 15 is 0 Å². The van der Waals surface area contributed by atoms with Gasteiger partial charge in [0.1, 0.15) is 11.9 Å². The Labute approximate surface area is 190 Å². The number of amides is 4. The Morgan fingerprint density at radius 2 is 1.76 bits per heavy atom. The Hall–Kier alpha value is -4.07. The average Bonchev–Trinajstić information content (AvgIpc) is 3.05. The van der Waals surface area contributed by atoms with Gasteiger partial charge in [-0.2, -0.15) is 0 Å². The number of hydrogen-bond acceptors (Lipinski definition) is 4. The summed E-state index contributed by atoms with van der Waals surface area (Å²) in [6, 6.07) is 14.5. The first-order valence-corrected chi connectivity index (χ1v) is 10.6. The van der Waals surface area contributed by atoms with Gasteiger partial charge in [-0.15, -0.1) is 0 Å². The Morgan fingerprint density at radius 1 is 1.03 bits per heavy atom. The smallest absolute Gasteiger partial charge is 0.326 e. The van der Waals surface area contributed by atoms with E-state index in [2.05, 4.69) is 10.3 Å². The second kappa shape index (κ2) is 9.60. The fraction of sp³-hybridized carbons (Fsp3) is 0.200. The highest BCUT2D eigenvalue weighted by molar-refractivity contribution is 6.22. The molecule has 1 atom stereocenters. The third-order valence-electron chi connectivity index (χ3n) is 5.50. The van der Waals surface area contributed by atoms with E-state index in [0.717, 1.165) is 22.4 Å². The molecular formula is C25H23FN4O3. The number of nitrogens with zero attached hydrogens (tertiary/aromatic N) is 3. The number of pyridine rings is 1. The fourth-order valence-corrected chi connectivity index (χ4v) is 3.74. The molecule has 3 aromatic rings. The zero-order valence-corrected chi connectivity index (χ0v) is 18.1. The molecule has 1 aromatic heterocycles. The number of nitrogens with one attached hydrogen (secondary N) is 1. The SMILES string of the molecule is CCc1ccc(NC(=O)C[C@@H]2C(=O)N(c3ccc(F)cc3)C(=O)N2Cc2cccnc2)cc1. The van der Waals surface area contributed by atoms with Gasteiger partial charge in [-0.1, -0.05) is 25.1 Å². The highest BCUT2D eigenvalue weighted by Gasteiger charge is 2.46. The first-order valence-electron chi connectivity index (χ1n) is 10.6. The van der Waals surface area contributed by atoms with Crippen LogP contribution in [0.5, 0.6) is 0 Å². The number of imide groups is 1. The van der Waals surface area contributed by atoms with Crippen LogP contribution in [0.4, 0.5) is 20.6 Å². The van der Waals surface area contributed by atoms with E-state index in [0.29, 0.717) is 5.69 Å². The first-order chi connectivity index (χ1) is 16.0. The van der Waals surface area contributed by atoms with Gasteiger partial charge in [0.2, 0.25) is 5.91 Å². The van der Waals surface area contributed by atoms with Crippen LogP contribution in [-0.4, -0.2) is 33.8 Å². The minimum atomic E-state index is -1.00. The average molecular weight is 446 g/mol. The highest BCUT2D eigenvalue weighted by Crippen LogP contribution is 2.28. The van der Waals surface area contributed by atoms with Crippen molar-refractivity contribution >= 4 is 29.2 Å². The van der Waals surface area contributed by atoms with Crippen molar-refractivity contribution in [1.29, 1.82) is 0 Å². The molecule has 8 heteroatoms. The number of rotatable bonds is 7. The molecule has 4 amide bonds. The van der Waals surface area contributed by atoms with E-state index in [1.54, 1.807) is 36.7 Å². The van der Waals surface area contributed by atoms with E-state index in [1.165, 1.54) is 29.2 Å². The van der Waals surface area contributed by atoms with Crippen molar-refractivity contribution in [2.24, 2.45) is 0 Å². The summed E-state index contributed by atoms with van der Waals surface area (Å²) in [6.45, 7) is 2.15. The Kier molecular flexibility index (Phi) is 6.44. The standard InChI is InChI=1S/C25H23FN4O3/c1-2-17-5-9-20(10-6-17)28-23(31)14-22-24(32)30(21-11-7-19(26)8-12-21)25(33)29(22)16-18-4-3-13-27-15-18/h3-13,15,22H,2,14,16H2,1H3,(H,28,31)/t22-/m1/s1. The van der Waals surface area contributed by atoms with Crippen LogP contribution >= 0.6 is 0 Å². The number of carbonyl (C=O) groups is 3. The van der Waals surface area contributed by atoms with Gasteiger partial charge in [0, 0.05) is 24.6 Å². The predicted molar refractivity (Wildman–Crippen MR) is 122 cm³/mol. The number of urea groups is 1. The molecule has 1 fully saturated rings. The maximum Gasteiger partial charge on any atom is 0.332 e. The van der Waals surface area contributed by atoms with Crippen molar-refractivity contribution in [3.8, 4) is 0 Å². The lowest BCUT2D eigenvalue weighted by atomic mass is 10.1. The molecule has 168 valence electrons. The number of benzene rings is 2. The molecule has 1 aliphatic heterocycles. The molecule has 2 heterocycles. The van der Waals surface area contributed by atoms with Gasteiger partial charge in [0.05, 0.1) is 12.1 Å². The monoisotopic (exact) mass is 446 g/mol. The summed E-state index contributed by atoms with van der Waals surface area (Å²) in [6.07, 6.45) is 3.89. The van der Waals surface area contributed by atoms with Gasteiger partial charge in [0.25, 0.3) is 5.91 Å². The van der Waals surface area contributed by atoms with E-state index in [4.69, 9.17) is 0 Å². The summed E-state index contributed by atoms with van der Waals surface area (Å²) in [5.41, 5.74) is 2.73. The van der Waals surface area contributed by atoms with Crippen molar-refractivity contribution in [2.75, 3.05) is 10.2 Å². The summed E-state index contributed by atoms with van der Waals surface area (Å²) in [7, 11) is 0. The summed E-state index contributed by atoms with van der Waals surface area (Å²) in [4.78, 5) is 45.6. The molecule has 1 aliphatic rings. The predicted octanol–water partition coefficient (Wildman–Crippen LogP) is 4.15. The van der Waals surface area contributed by atoms with Crippen molar-refractivity contribution in [3.05, 3.63) is 90.0 Å². The Bertz CT molecular complexity index is 1150. The van der Waals surface area contributed by atoms with Crippen LogP contribution in [0.3, 0.4) is 0 Å². The van der Waals surface area contributed by atoms with Crippen LogP contribution in [0.25, 0.3) is 0 Å². The number of anilines is 2. The molecule has 7 nitrogen and oxygen atoms in total. The molecule has 4 rings (SSSR count). The molecular weight excluding hydrogens is 423 g/mol. The number of hydrogen-bond donors (Lipinski definition) is 1. The molecule has 0 unspecified atom stereocenters. The molecule has 1 saturated heterocycles. The molecule has 0 saturated carbocycles. The van der Waals surface area contributed by atoms with Crippen molar-refractivity contribution in [1.82, 2.24) is 9.88 Å². The zero-order chi connectivity index (χ0) is 23.4. The van der Waals surface area contributed by atoms with E-state index in [9.17, 15) is 18.8 Å². The van der Waals surface area contributed by atoms with Crippen LogP contribution < -0.4 is 10.2 Å². The number of halogens is 1.